The van der Waals surface area contributed by atoms with Crippen molar-refractivity contribution in [3.8, 4) is 11.3 Å². The van der Waals surface area contributed by atoms with Gasteiger partial charge in [-0.05, 0) is 17.4 Å². The Morgan fingerprint density at radius 2 is 2.08 bits per heavy atom. The number of oxime groups is 1. The highest BCUT2D eigenvalue weighted by atomic mass is 16.7. The lowest BCUT2D eigenvalue weighted by molar-refractivity contribution is -0.148. The van der Waals surface area contributed by atoms with Crippen LogP contribution in [0.4, 0.5) is 0 Å². The van der Waals surface area contributed by atoms with E-state index in [-0.39, 0.29) is 19.0 Å². The van der Waals surface area contributed by atoms with E-state index in [1.54, 1.807) is 6.92 Å². The lowest BCUT2D eigenvalue weighted by Crippen LogP contribution is -2.12. The van der Waals surface area contributed by atoms with Crippen LogP contribution in [0.5, 0.6) is 0 Å². The number of rotatable bonds is 4. The van der Waals surface area contributed by atoms with Crippen LogP contribution in [0.2, 0.25) is 0 Å². The van der Waals surface area contributed by atoms with Crippen molar-refractivity contribution in [3.05, 3.63) is 35.5 Å². The van der Waals surface area contributed by atoms with Crippen LogP contribution < -0.4 is 0 Å². The molecule has 4 rings (SSSR count). The summed E-state index contributed by atoms with van der Waals surface area (Å²) in [6.45, 7) is 1.73. The molecule has 0 radical (unpaired) electrons. The summed E-state index contributed by atoms with van der Waals surface area (Å²) in [5, 5.41) is 19.5. The average Bonchev–Trinajstić information content (AvgIpc) is 3.16. The molecule has 0 fully saturated rings. The Hall–Kier alpha value is -3.43. The summed E-state index contributed by atoms with van der Waals surface area (Å²) in [6, 6.07) is 7.53. The first kappa shape index (κ1) is 14.2. The Morgan fingerprint density at radius 1 is 1.25 bits per heavy atom. The zero-order valence-electron chi connectivity index (χ0n) is 12.6. The zero-order chi connectivity index (χ0) is 16.5. The molecule has 0 spiro atoms. The molecule has 0 aliphatic heterocycles. The Morgan fingerprint density at radius 3 is 2.92 bits per heavy atom. The van der Waals surface area contributed by atoms with Gasteiger partial charge in [0.1, 0.15) is 17.1 Å². The van der Waals surface area contributed by atoms with Gasteiger partial charge >= 0.3 is 5.97 Å². The number of hydrogen-bond acceptors (Lipinski definition) is 9. The molecule has 120 valence electrons. The van der Waals surface area contributed by atoms with Crippen LogP contribution in [0.25, 0.3) is 17.0 Å². The molecule has 1 aromatic carbocycles. The maximum atomic E-state index is 11.4. The van der Waals surface area contributed by atoms with Crippen LogP contribution in [-0.2, 0) is 14.4 Å². The number of carbonyl (C=O) groups excluding carboxylic acids is 1. The smallest absolute Gasteiger partial charge is 0.347 e. The topological polar surface area (TPSA) is 117 Å². The lowest BCUT2D eigenvalue weighted by Gasteiger charge is -2.02. The number of fused-ring (bicyclic) bond motifs is 4. The van der Waals surface area contributed by atoms with Gasteiger partial charge in [-0.3, -0.25) is 0 Å². The highest BCUT2D eigenvalue weighted by Crippen LogP contribution is 2.34. The number of hydrogen-bond donors (Lipinski definition) is 0. The monoisotopic (exact) mass is 325 g/mol. The first-order valence-electron chi connectivity index (χ1n) is 7.20. The van der Waals surface area contributed by atoms with Crippen LogP contribution in [-0.4, -0.2) is 55.1 Å². The number of carbonyl (C=O) groups is 1. The van der Waals surface area contributed by atoms with E-state index in [4.69, 9.17) is 9.57 Å². The molecule has 3 aromatic rings. The van der Waals surface area contributed by atoms with Crippen LogP contribution in [0, 0.1) is 0 Å². The summed E-state index contributed by atoms with van der Waals surface area (Å²) < 4.78 is 6.05. The van der Waals surface area contributed by atoms with Gasteiger partial charge in [0.15, 0.2) is 0 Å². The van der Waals surface area contributed by atoms with E-state index < -0.39 is 5.97 Å². The zero-order valence-corrected chi connectivity index (χ0v) is 12.6. The number of benzene rings is 1. The molecule has 2 aromatic heterocycles. The van der Waals surface area contributed by atoms with Gasteiger partial charge in [0.25, 0.3) is 5.78 Å². The second-order valence-electron chi connectivity index (χ2n) is 4.84. The van der Waals surface area contributed by atoms with Gasteiger partial charge in [0.05, 0.1) is 6.61 Å². The van der Waals surface area contributed by atoms with E-state index in [9.17, 15) is 4.79 Å². The molecule has 0 N–H and O–H groups in total. The lowest BCUT2D eigenvalue weighted by atomic mass is 10.1. The minimum atomic E-state index is -0.489. The van der Waals surface area contributed by atoms with E-state index in [0.717, 1.165) is 11.1 Å². The van der Waals surface area contributed by atoms with Gasteiger partial charge in [0, 0.05) is 11.1 Å². The minimum absolute atomic E-state index is 0.250. The van der Waals surface area contributed by atoms with E-state index in [0.29, 0.717) is 17.1 Å². The average molecular weight is 325 g/mol. The third-order valence-corrected chi connectivity index (χ3v) is 3.37. The van der Waals surface area contributed by atoms with Gasteiger partial charge in [-0.15, -0.1) is 5.10 Å². The number of aromatic nitrogens is 6. The Bertz CT molecular complexity index is 966. The summed E-state index contributed by atoms with van der Waals surface area (Å²) in [5.74, 6) is -0.240. The summed E-state index contributed by atoms with van der Waals surface area (Å²) in [7, 11) is 0. The molecule has 0 amide bonds. The first-order chi connectivity index (χ1) is 11.8. The van der Waals surface area contributed by atoms with Crippen molar-refractivity contribution in [3.63, 3.8) is 0 Å². The molecule has 0 saturated carbocycles. The summed E-state index contributed by atoms with van der Waals surface area (Å²) in [5.41, 5.74) is 3.22. The fourth-order valence-corrected chi connectivity index (χ4v) is 2.42. The number of ether oxygens (including phenoxy) is 1. The molecular formula is C14H11N7O3. The Balaban J connectivity index is 1.75. The fraction of sp³-hybridized carbons (Fsp3) is 0.214. The number of esters is 1. The molecule has 1 aliphatic carbocycles. The highest BCUT2D eigenvalue weighted by molar-refractivity contribution is 6.22. The van der Waals surface area contributed by atoms with E-state index in [1.807, 2.05) is 24.3 Å². The van der Waals surface area contributed by atoms with E-state index in [1.165, 1.54) is 4.63 Å². The molecule has 10 heteroatoms. The molecule has 10 nitrogen and oxygen atoms in total. The third-order valence-electron chi connectivity index (χ3n) is 3.37. The van der Waals surface area contributed by atoms with Gasteiger partial charge in [-0.1, -0.05) is 39.1 Å². The van der Waals surface area contributed by atoms with Crippen LogP contribution in [0.1, 0.15) is 18.2 Å². The predicted molar refractivity (Wildman–Crippen MR) is 80.0 cm³/mol. The standard InChI is InChI=1S/C14H11N7O3/c1-2-23-10(22)7-24-18-12-9-6-4-3-5-8(9)11-13(12)15-14-16-19-20-21(14)17-11/h3-6H,2,7H2,1H3. The maximum absolute atomic E-state index is 11.4. The fourth-order valence-electron chi connectivity index (χ4n) is 2.42. The number of tetrazole rings is 1. The summed E-state index contributed by atoms with van der Waals surface area (Å²) in [4.78, 5) is 20.9. The van der Waals surface area contributed by atoms with Crippen molar-refractivity contribution in [1.82, 2.24) is 30.2 Å². The molecule has 24 heavy (non-hydrogen) atoms. The quantitative estimate of drug-likeness (QED) is 0.386. The SMILES string of the molecule is CCOC(=O)CON=C1c2ccccc2-c2nn3nnnc3nc21. The van der Waals surface area contributed by atoms with Crippen LogP contribution in [0.3, 0.4) is 0 Å². The van der Waals surface area contributed by atoms with Crippen molar-refractivity contribution >= 4 is 17.5 Å². The van der Waals surface area contributed by atoms with Crippen LogP contribution in [0.15, 0.2) is 29.4 Å². The van der Waals surface area contributed by atoms with Gasteiger partial charge in [0.2, 0.25) is 6.61 Å². The Labute approximate surface area is 135 Å². The molecule has 0 saturated heterocycles. The Kier molecular flexibility index (Phi) is 3.34. The van der Waals surface area contributed by atoms with E-state index in [2.05, 4.69) is 30.8 Å². The molecule has 1 aliphatic rings. The van der Waals surface area contributed by atoms with E-state index >= 15 is 0 Å². The normalized spacial score (nSPS) is 13.8. The van der Waals surface area contributed by atoms with Crippen molar-refractivity contribution in [1.29, 1.82) is 0 Å². The number of nitrogens with zero attached hydrogens (tertiary/aromatic N) is 7. The predicted octanol–water partition coefficient (Wildman–Crippen LogP) is 0.227. The second kappa shape index (κ2) is 5.65. The molecule has 0 unspecified atom stereocenters. The minimum Gasteiger partial charge on any atom is -0.463 e. The van der Waals surface area contributed by atoms with Crippen molar-refractivity contribution in [2.24, 2.45) is 5.16 Å². The van der Waals surface area contributed by atoms with Crippen molar-refractivity contribution in [2.75, 3.05) is 13.2 Å². The third kappa shape index (κ3) is 2.24. The van der Waals surface area contributed by atoms with Crippen molar-refractivity contribution in [2.45, 2.75) is 6.92 Å². The van der Waals surface area contributed by atoms with Gasteiger partial charge in [-0.2, -0.15) is 0 Å². The highest BCUT2D eigenvalue weighted by Gasteiger charge is 2.30. The van der Waals surface area contributed by atoms with Crippen molar-refractivity contribution < 1.29 is 14.4 Å². The molecular weight excluding hydrogens is 314 g/mol. The summed E-state index contributed by atoms with van der Waals surface area (Å²) >= 11 is 0. The summed E-state index contributed by atoms with van der Waals surface area (Å²) in [6.07, 6.45) is 0. The molecule has 0 bridgehead atoms. The second-order valence-corrected chi connectivity index (χ2v) is 4.84. The molecule has 0 atom stereocenters. The maximum Gasteiger partial charge on any atom is 0.347 e. The van der Waals surface area contributed by atoms with Gasteiger partial charge < -0.3 is 9.57 Å². The van der Waals surface area contributed by atoms with Gasteiger partial charge in [-0.25, -0.2) is 9.78 Å². The molecule has 2 heterocycles. The van der Waals surface area contributed by atoms with Crippen LogP contribution >= 0.6 is 0 Å². The first-order valence-corrected chi connectivity index (χ1v) is 7.20. The largest absolute Gasteiger partial charge is 0.463 e.